The third-order valence-corrected chi connectivity index (χ3v) is 2.83. The van der Waals surface area contributed by atoms with Crippen LogP contribution in [-0.4, -0.2) is 29.1 Å². The summed E-state index contributed by atoms with van der Waals surface area (Å²) in [5, 5.41) is 4.15. The standard InChI is InChI=1S/C14H14N2O3/c1-10-7-13(9-17)15-16(10)8-11-3-5-12(6-4-11)14(18)19-2/h3-7,9H,8H2,1-2H3. The van der Waals surface area contributed by atoms with E-state index in [2.05, 4.69) is 9.84 Å². The van der Waals surface area contributed by atoms with Crippen LogP contribution >= 0.6 is 0 Å². The SMILES string of the molecule is COC(=O)c1ccc(Cn2nc(C=O)cc2C)cc1. The van der Waals surface area contributed by atoms with E-state index in [1.807, 2.05) is 19.1 Å². The molecular formula is C14H14N2O3. The Hall–Kier alpha value is -2.43. The predicted octanol–water partition coefficient (Wildman–Crippen LogP) is 1.84. The Morgan fingerprint density at radius 1 is 1.37 bits per heavy atom. The average molecular weight is 258 g/mol. The van der Waals surface area contributed by atoms with Gasteiger partial charge in [-0.05, 0) is 30.7 Å². The van der Waals surface area contributed by atoms with Gasteiger partial charge in [0.2, 0.25) is 0 Å². The molecule has 0 fully saturated rings. The quantitative estimate of drug-likeness (QED) is 0.620. The van der Waals surface area contributed by atoms with Crippen LogP contribution in [0.4, 0.5) is 0 Å². The maximum Gasteiger partial charge on any atom is 0.337 e. The van der Waals surface area contributed by atoms with Gasteiger partial charge in [-0.1, -0.05) is 12.1 Å². The number of esters is 1. The van der Waals surface area contributed by atoms with Crippen molar-refractivity contribution >= 4 is 12.3 Å². The number of aryl methyl sites for hydroxylation is 1. The fourth-order valence-electron chi connectivity index (χ4n) is 1.79. The first-order chi connectivity index (χ1) is 9.13. The number of nitrogens with zero attached hydrogens (tertiary/aromatic N) is 2. The van der Waals surface area contributed by atoms with E-state index in [0.717, 1.165) is 17.5 Å². The van der Waals surface area contributed by atoms with Crippen molar-refractivity contribution in [2.75, 3.05) is 7.11 Å². The normalized spacial score (nSPS) is 10.2. The van der Waals surface area contributed by atoms with E-state index in [4.69, 9.17) is 0 Å². The van der Waals surface area contributed by atoms with Gasteiger partial charge in [0.05, 0.1) is 19.2 Å². The van der Waals surface area contributed by atoms with Crippen molar-refractivity contribution in [3.05, 3.63) is 52.8 Å². The summed E-state index contributed by atoms with van der Waals surface area (Å²) in [4.78, 5) is 22.0. The largest absolute Gasteiger partial charge is 0.465 e. The summed E-state index contributed by atoms with van der Waals surface area (Å²) in [5.41, 5.74) is 2.84. The van der Waals surface area contributed by atoms with Crippen molar-refractivity contribution < 1.29 is 14.3 Å². The Labute approximate surface area is 110 Å². The maximum absolute atomic E-state index is 11.3. The number of hydrogen-bond acceptors (Lipinski definition) is 4. The van der Waals surface area contributed by atoms with Gasteiger partial charge >= 0.3 is 5.97 Å². The molecule has 0 unspecified atom stereocenters. The van der Waals surface area contributed by atoms with Crippen molar-refractivity contribution in [3.63, 3.8) is 0 Å². The average Bonchev–Trinajstić information content (AvgIpc) is 2.79. The van der Waals surface area contributed by atoms with Crippen LogP contribution < -0.4 is 0 Å². The summed E-state index contributed by atoms with van der Waals surface area (Å²) in [6, 6.07) is 8.83. The number of aromatic nitrogens is 2. The molecule has 5 heteroatoms. The maximum atomic E-state index is 11.3. The molecule has 0 radical (unpaired) electrons. The molecule has 0 aliphatic heterocycles. The van der Waals surface area contributed by atoms with Crippen molar-refractivity contribution in [1.82, 2.24) is 9.78 Å². The van der Waals surface area contributed by atoms with Gasteiger partial charge < -0.3 is 4.74 Å². The van der Waals surface area contributed by atoms with E-state index < -0.39 is 0 Å². The number of rotatable bonds is 4. The van der Waals surface area contributed by atoms with Gasteiger partial charge in [0.1, 0.15) is 5.69 Å². The topological polar surface area (TPSA) is 61.2 Å². The lowest BCUT2D eigenvalue weighted by Crippen LogP contribution is -2.05. The van der Waals surface area contributed by atoms with Gasteiger partial charge in [-0.15, -0.1) is 0 Å². The lowest BCUT2D eigenvalue weighted by molar-refractivity contribution is 0.0600. The highest BCUT2D eigenvalue weighted by atomic mass is 16.5. The molecule has 0 bridgehead atoms. The number of aldehydes is 1. The van der Waals surface area contributed by atoms with Crippen LogP contribution in [0.25, 0.3) is 0 Å². The molecule has 98 valence electrons. The predicted molar refractivity (Wildman–Crippen MR) is 69.2 cm³/mol. The Morgan fingerprint density at radius 3 is 2.58 bits per heavy atom. The van der Waals surface area contributed by atoms with Gasteiger partial charge in [0.15, 0.2) is 6.29 Å². The second kappa shape index (κ2) is 5.48. The van der Waals surface area contributed by atoms with Crippen LogP contribution in [0, 0.1) is 6.92 Å². The lowest BCUT2D eigenvalue weighted by atomic mass is 10.1. The van der Waals surface area contributed by atoms with E-state index in [-0.39, 0.29) is 5.97 Å². The molecule has 0 saturated heterocycles. The zero-order valence-electron chi connectivity index (χ0n) is 10.8. The Balaban J connectivity index is 2.17. The third-order valence-electron chi connectivity index (χ3n) is 2.83. The lowest BCUT2D eigenvalue weighted by Gasteiger charge is -2.05. The molecule has 19 heavy (non-hydrogen) atoms. The van der Waals surface area contributed by atoms with Crippen molar-refractivity contribution in [1.29, 1.82) is 0 Å². The van der Waals surface area contributed by atoms with Gasteiger partial charge in [-0.25, -0.2) is 4.79 Å². The summed E-state index contributed by atoms with van der Waals surface area (Å²) >= 11 is 0. The van der Waals surface area contributed by atoms with Crippen LogP contribution in [-0.2, 0) is 11.3 Å². The number of methoxy groups -OCH3 is 1. The fraction of sp³-hybridized carbons (Fsp3) is 0.214. The van der Waals surface area contributed by atoms with Crippen LogP contribution in [0.1, 0.15) is 32.1 Å². The van der Waals surface area contributed by atoms with E-state index in [1.165, 1.54) is 7.11 Å². The minimum Gasteiger partial charge on any atom is -0.465 e. The van der Waals surface area contributed by atoms with E-state index in [0.29, 0.717) is 17.8 Å². The molecule has 2 aromatic rings. The van der Waals surface area contributed by atoms with Crippen molar-refractivity contribution in [3.8, 4) is 0 Å². The second-order valence-electron chi connectivity index (χ2n) is 4.17. The monoisotopic (exact) mass is 258 g/mol. The van der Waals surface area contributed by atoms with E-state index in [1.54, 1.807) is 22.9 Å². The first-order valence-electron chi connectivity index (χ1n) is 5.81. The van der Waals surface area contributed by atoms with Gasteiger partial charge in [-0.2, -0.15) is 5.10 Å². The molecule has 0 spiro atoms. The Bertz CT molecular complexity index is 600. The van der Waals surface area contributed by atoms with Gasteiger partial charge in [0.25, 0.3) is 0 Å². The second-order valence-corrected chi connectivity index (χ2v) is 4.17. The smallest absolute Gasteiger partial charge is 0.337 e. The van der Waals surface area contributed by atoms with E-state index >= 15 is 0 Å². The highest BCUT2D eigenvalue weighted by molar-refractivity contribution is 5.89. The fourth-order valence-corrected chi connectivity index (χ4v) is 1.79. The summed E-state index contributed by atoms with van der Waals surface area (Å²) in [6.45, 7) is 2.45. The first-order valence-corrected chi connectivity index (χ1v) is 5.81. The van der Waals surface area contributed by atoms with Gasteiger partial charge in [0, 0.05) is 5.69 Å². The first kappa shape index (κ1) is 13.0. The molecule has 2 rings (SSSR count). The summed E-state index contributed by atoms with van der Waals surface area (Å²) in [5.74, 6) is -0.356. The molecule has 0 amide bonds. The zero-order chi connectivity index (χ0) is 13.8. The minimum absolute atomic E-state index is 0.356. The molecule has 5 nitrogen and oxygen atoms in total. The van der Waals surface area contributed by atoms with Crippen LogP contribution in [0.2, 0.25) is 0 Å². The van der Waals surface area contributed by atoms with Crippen LogP contribution in [0.5, 0.6) is 0 Å². The minimum atomic E-state index is -0.356. The highest BCUT2D eigenvalue weighted by Crippen LogP contribution is 2.09. The number of benzene rings is 1. The van der Waals surface area contributed by atoms with Crippen LogP contribution in [0.15, 0.2) is 30.3 Å². The molecule has 1 heterocycles. The zero-order valence-corrected chi connectivity index (χ0v) is 10.8. The van der Waals surface area contributed by atoms with Crippen molar-refractivity contribution in [2.45, 2.75) is 13.5 Å². The molecule has 0 atom stereocenters. The Morgan fingerprint density at radius 2 is 2.05 bits per heavy atom. The summed E-state index contributed by atoms with van der Waals surface area (Å²) < 4.78 is 6.38. The summed E-state index contributed by atoms with van der Waals surface area (Å²) in [7, 11) is 1.35. The molecule has 0 N–H and O–H groups in total. The molecule has 1 aromatic heterocycles. The molecule has 0 saturated carbocycles. The molecular weight excluding hydrogens is 244 g/mol. The van der Waals surface area contributed by atoms with E-state index in [9.17, 15) is 9.59 Å². The molecule has 0 aliphatic rings. The number of carbonyl (C=O) groups is 2. The Kier molecular flexibility index (Phi) is 3.75. The number of ether oxygens (including phenoxy) is 1. The highest BCUT2D eigenvalue weighted by Gasteiger charge is 2.06. The molecule has 1 aromatic carbocycles. The van der Waals surface area contributed by atoms with Crippen LogP contribution in [0.3, 0.4) is 0 Å². The number of carbonyl (C=O) groups excluding carboxylic acids is 2. The third kappa shape index (κ3) is 2.88. The number of hydrogen-bond donors (Lipinski definition) is 0. The van der Waals surface area contributed by atoms with Crippen molar-refractivity contribution in [2.24, 2.45) is 0 Å². The summed E-state index contributed by atoms with van der Waals surface area (Å²) in [6.07, 6.45) is 0.726. The van der Waals surface area contributed by atoms with Gasteiger partial charge in [-0.3, -0.25) is 9.48 Å². The molecule has 0 aliphatic carbocycles.